The zero-order valence-corrected chi connectivity index (χ0v) is 12.1. The van der Waals surface area contributed by atoms with Gasteiger partial charge in [-0.25, -0.2) is 18.2 Å². The topological polar surface area (TPSA) is 106 Å². The maximum Gasteiger partial charge on any atom is 0.356 e. The first kappa shape index (κ1) is 14.0. The van der Waals surface area contributed by atoms with Crippen molar-refractivity contribution in [1.29, 1.82) is 0 Å². The minimum absolute atomic E-state index is 0.166. The Morgan fingerprint density at radius 1 is 1.43 bits per heavy atom. The van der Waals surface area contributed by atoms with Gasteiger partial charge in [0.15, 0.2) is 9.90 Å². The van der Waals surface area contributed by atoms with E-state index in [9.17, 15) is 13.2 Å². The van der Waals surface area contributed by atoms with Gasteiger partial charge in [0.1, 0.15) is 12.4 Å². The molecule has 1 aliphatic heterocycles. The van der Waals surface area contributed by atoms with Gasteiger partial charge in [0.05, 0.1) is 11.6 Å². The predicted molar refractivity (Wildman–Crippen MR) is 74.1 cm³/mol. The molecule has 2 aromatic rings. The van der Waals surface area contributed by atoms with Crippen molar-refractivity contribution >= 4 is 27.3 Å². The smallest absolute Gasteiger partial charge is 0.356 e. The number of ether oxygens (including phenoxy) is 1. The normalized spacial score (nSPS) is 17.2. The highest BCUT2D eigenvalue weighted by atomic mass is 32.2. The molecular weight excluding hydrogens is 316 g/mol. The lowest BCUT2D eigenvalue weighted by Crippen LogP contribution is -2.30. The summed E-state index contributed by atoms with van der Waals surface area (Å²) in [7, 11) is -3.97. The number of aromatic nitrogens is 1. The minimum atomic E-state index is -3.97. The maximum absolute atomic E-state index is 12.3. The first-order valence-electron chi connectivity index (χ1n) is 5.90. The summed E-state index contributed by atoms with van der Waals surface area (Å²) in [6, 6.07) is 6.54. The van der Waals surface area contributed by atoms with Gasteiger partial charge in [0, 0.05) is 5.56 Å². The summed E-state index contributed by atoms with van der Waals surface area (Å²) in [4.78, 5) is 14.6. The number of rotatable bonds is 4. The summed E-state index contributed by atoms with van der Waals surface area (Å²) in [6.45, 7) is 0.166. The van der Waals surface area contributed by atoms with Gasteiger partial charge in [-0.15, -0.1) is 11.3 Å². The van der Waals surface area contributed by atoms with Gasteiger partial charge in [-0.05, 0) is 6.07 Å². The predicted octanol–water partition coefficient (Wildman–Crippen LogP) is 1.25. The van der Waals surface area contributed by atoms with Crippen molar-refractivity contribution < 1.29 is 23.1 Å². The molecule has 0 fully saturated rings. The molecule has 110 valence electrons. The third-order valence-electron chi connectivity index (χ3n) is 2.98. The molecule has 9 heteroatoms. The number of fused-ring (bicyclic) bond motifs is 1. The molecule has 0 radical (unpaired) electrons. The summed E-state index contributed by atoms with van der Waals surface area (Å²) < 4.78 is 32.2. The molecule has 0 spiro atoms. The summed E-state index contributed by atoms with van der Waals surface area (Å²) in [6.07, 6.45) is 0. The van der Waals surface area contributed by atoms with Crippen LogP contribution in [0, 0.1) is 0 Å². The molecule has 1 aliphatic rings. The fraction of sp³-hybridized carbons (Fsp3) is 0.167. The maximum atomic E-state index is 12.3. The van der Waals surface area contributed by atoms with Crippen LogP contribution in [0.1, 0.15) is 22.1 Å². The van der Waals surface area contributed by atoms with E-state index in [0.717, 1.165) is 16.9 Å². The van der Waals surface area contributed by atoms with Crippen LogP contribution in [0.2, 0.25) is 0 Å². The lowest BCUT2D eigenvalue weighted by Gasteiger charge is -2.11. The highest BCUT2D eigenvalue weighted by Gasteiger charge is 2.32. The molecule has 3 rings (SSSR count). The van der Waals surface area contributed by atoms with Gasteiger partial charge in [-0.2, -0.15) is 4.72 Å². The van der Waals surface area contributed by atoms with Gasteiger partial charge in [0.2, 0.25) is 0 Å². The Morgan fingerprint density at radius 3 is 2.95 bits per heavy atom. The highest BCUT2D eigenvalue weighted by Crippen LogP contribution is 2.33. The highest BCUT2D eigenvalue weighted by molar-refractivity contribution is 7.91. The van der Waals surface area contributed by atoms with Gasteiger partial charge in [0.25, 0.3) is 10.0 Å². The van der Waals surface area contributed by atoms with Crippen LogP contribution in [-0.2, 0) is 10.0 Å². The van der Waals surface area contributed by atoms with Crippen molar-refractivity contribution in [3.05, 3.63) is 41.0 Å². The molecule has 0 saturated heterocycles. The van der Waals surface area contributed by atoms with Crippen LogP contribution in [0.25, 0.3) is 0 Å². The van der Waals surface area contributed by atoms with E-state index in [1.165, 1.54) is 5.51 Å². The third kappa shape index (κ3) is 2.50. The van der Waals surface area contributed by atoms with Crippen LogP contribution in [0.5, 0.6) is 5.75 Å². The second kappa shape index (κ2) is 5.10. The fourth-order valence-electron chi connectivity index (χ4n) is 2.07. The second-order valence-electron chi connectivity index (χ2n) is 4.32. The number of sulfonamides is 1. The van der Waals surface area contributed by atoms with Crippen molar-refractivity contribution in [3.63, 3.8) is 0 Å². The van der Waals surface area contributed by atoms with Gasteiger partial charge < -0.3 is 9.84 Å². The van der Waals surface area contributed by atoms with Crippen molar-refractivity contribution in [2.45, 2.75) is 10.3 Å². The van der Waals surface area contributed by atoms with Crippen molar-refractivity contribution in [2.24, 2.45) is 0 Å². The molecular formula is C12H10N2O5S2. The number of hydrogen-bond donors (Lipinski definition) is 2. The molecule has 0 saturated carbocycles. The van der Waals surface area contributed by atoms with E-state index in [1.807, 2.05) is 0 Å². The largest absolute Gasteiger partial charge is 0.491 e. The first-order chi connectivity index (χ1) is 9.99. The molecule has 2 heterocycles. The molecule has 1 aromatic heterocycles. The Hall–Kier alpha value is -1.97. The van der Waals surface area contributed by atoms with Crippen molar-refractivity contribution in [2.75, 3.05) is 6.61 Å². The van der Waals surface area contributed by atoms with Crippen LogP contribution in [0.4, 0.5) is 0 Å². The number of para-hydroxylation sites is 1. The lowest BCUT2D eigenvalue weighted by atomic mass is 10.1. The van der Waals surface area contributed by atoms with E-state index in [1.54, 1.807) is 24.3 Å². The quantitative estimate of drug-likeness (QED) is 0.876. The zero-order chi connectivity index (χ0) is 15.0. The Labute approximate surface area is 124 Å². The van der Waals surface area contributed by atoms with Crippen LogP contribution < -0.4 is 9.46 Å². The van der Waals surface area contributed by atoms with E-state index in [0.29, 0.717) is 5.75 Å². The first-order valence-corrected chi connectivity index (χ1v) is 8.26. The van der Waals surface area contributed by atoms with E-state index in [2.05, 4.69) is 9.71 Å². The van der Waals surface area contributed by atoms with Gasteiger partial charge in [-0.3, -0.25) is 0 Å². The van der Waals surface area contributed by atoms with E-state index in [4.69, 9.17) is 9.84 Å². The number of hydrogen-bond acceptors (Lipinski definition) is 6. The summed E-state index contributed by atoms with van der Waals surface area (Å²) in [5, 5.41) is 8.96. The number of nitrogens with zero attached hydrogens (tertiary/aromatic N) is 1. The summed E-state index contributed by atoms with van der Waals surface area (Å²) in [5.41, 5.74) is 1.44. The van der Waals surface area contributed by atoms with Crippen LogP contribution in [0.3, 0.4) is 0 Å². The zero-order valence-electron chi connectivity index (χ0n) is 10.5. The van der Waals surface area contributed by atoms with Crippen LogP contribution >= 0.6 is 11.3 Å². The Morgan fingerprint density at radius 2 is 2.19 bits per heavy atom. The number of carboxylic acids is 1. The molecule has 7 nitrogen and oxygen atoms in total. The molecule has 21 heavy (non-hydrogen) atoms. The summed E-state index contributed by atoms with van der Waals surface area (Å²) >= 11 is 0.766. The Bertz CT molecular complexity index is 799. The number of carboxylic acid groups (broad SMARTS) is 1. The molecule has 1 atom stereocenters. The SMILES string of the molecule is O=C(O)c1ncsc1S(=O)(=O)NC1COc2ccccc21. The van der Waals surface area contributed by atoms with Crippen molar-refractivity contribution in [1.82, 2.24) is 9.71 Å². The Kier molecular flexibility index (Phi) is 3.40. The Balaban J connectivity index is 1.91. The monoisotopic (exact) mass is 326 g/mol. The number of aromatic carboxylic acids is 1. The number of thiazole rings is 1. The van der Waals surface area contributed by atoms with E-state index < -0.39 is 27.7 Å². The third-order valence-corrected chi connectivity index (χ3v) is 5.82. The number of benzene rings is 1. The average molecular weight is 326 g/mol. The molecule has 0 bridgehead atoms. The standard InChI is InChI=1S/C12H10N2O5S2/c15-11(16)10-12(20-6-13-10)21(17,18)14-8-5-19-9-4-2-1-3-7(8)9/h1-4,6,8,14H,5H2,(H,15,16). The van der Waals surface area contributed by atoms with Crippen molar-refractivity contribution in [3.8, 4) is 5.75 Å². The van der Waals surface area contributed by atoms with E-state index >= 15 is 0 Å². The van der Waals surface area contributed by atoms with E-state index in [-0.39, 0.29) is 10.8 Å². The lowest BCUT2D eigenvalue weighted by molar-refractivity contribution is 0.0687. The molecule has 0 aliphatic carbocycles. The number of nitrogens with one attached hydrogen (secondary N) is 1. The molecule has 2 N–H and O–H groups in total. The minimum Gasteiger partial charge on any atom is -0.491 e. The number of carbonyl (C=O) groups is 1. The molecule has 1 unspecified atom stereocenters. The molecule has 1 aromatic carbocycles. The molecule has 0 amide bonds. The van der Waals surface area contributed by atoms with Gasteiger partial charge >= 0.3 is 5.97 Å². The van der Waals surface area contributed by atoms with Crippen LogP contribution in [-0.4, -0.2) is 31.1 Å². The second-order valence-corrected chi connectivity index (χ2v) is 7.08. The summed E-state index contributed by atoms with van der Waals surface area (Å²) in [5.74, 6) is -0.757. The fourth-order valence-corrected chi connectivity index (χ4v) is 4.43. The average Bonchev–Trinajstić information content (AvgIpc) is 3.06. The van der Waals surface area contributed by atoms with Crippen LogP contribution in [0.15, 0.2) is 34.0 Å². The van der Waals surface area contributed by atoms with Gasteiger partial charge in [-0.1, -0.05) is 18.2 Å².